The maximum atomic E-state index is 13.4. The Labute approximate surface area is 286 Å². The fraction of sp³-hybridized carbons (Fsp3) is 0.0857. The number of fused-ring (bicyclic) bond motifs is 2. The average Bonchev–Trinajstić information content (AvgIpc) is 3.07. The van der Waals surface area contributed by atoms with E-state index in [0.29, 0.717) is 40.6 Å². The summed E-state index contributed by atoms with van der Waals surface area (Å²) in [5, 5.41) is 15.6. The molecule has 0 bridgehead atoms. The van der Waals surface area contributed by atoms with Gasteiger partial charge in [-0.1, -0.05) is 35.4 Å². The smallest absolute Gasteiger partial charge is 0.298 e. The molecule has 6 rings (SSSR count). The third kappa shape index (κ3) is 7.66. The van der Waals surface area contributed by atoms with Crippen molar-refractivity contribution >= 4 is 53.5 Å². The maximum Gasteiger partial charge on any atom is 0.298 e. The number of hydrogen-bond acceptors (Lipinski definition) is 11. The van der Waals surface area contributed by atoms with Gasteiger partial charge in [0.15, 0.2) is 0 Å². The first-order valence-corrected chi connectivity index (χ1v) is 18.3. The molecule has 0 aromatic heterocycles. The molecule has 0 aliphatic heterocycles. The van der Waals surface area contributed by atoms with Gasteiger partial charge in [-0.15, -0.1) is 4.33 Å². The van der Waals surface area contributed by atoms with Crippen molar-refractivity contribution in [2.24, 2.45) is 0 Å². The van der Waals surface area contributed by atoms with Gasteiger partial charge in [-0.05, 0) is 120 Å². The van der Waals surface area contributed by atoms with Crippen molar-refractivity contribution in [3.05, 3.63) is 115 Å². The second-order valence-electron chi connectivity index (χ2n) is 10.7. The topological polar surface area (TPSA) is 155 Å². The zero-order valence-electron chi connectivity index (χ0n) is 25.9. The number of aryl methyl sites for hydroxylation is 1. The lowest BCUT2D eigenvalue weighted by atomic mass is 10.1. The first kappa shape index (κ1) is 34.2. The molecule has 0 unspecified atom stereocenters. The lowest BCUT2D eigenvalue weighted by Gasteiger charge is -2.13. The van der Waals surface area contributed by atoms with Crippen molar-refractivity contribution in [1.82, 2.24) is 0 Å². The minimum absolute atomic E-state index is 0.188. The summed E-state index contributed by atoms with van der Waals surface area (Å²) < 4.78 is 83.7. The summed E-state index contributed by atoms with van der Waals surface area (Å²) in [4.78, 5) is -1.00. The van der Waals surface area contributed by atoms with E-state index in [1.807, 2.05) is 55.5 Å². The molecule has 0 spiro atoms. The predicted octanol–water partition coefficient (Wildman–Crippen LogP) is 8.79. The van der Waals surface area contributed by atoms with Crippen LogP contribution in [0.5, 0.6) is 28.7 Å². The quantitative estimate of drug-likeness (QED) is 0.0537. The highest BCUT2D eigenvalue weighted by molar-refractivity contribution is 7.94. The fourth-order valence-electron chi connectivity index (χ4n) is 5.08. The fourth-order valence-corrected chi connectivity index (χ4v) is 7.66. The van der Waals surface area contributed by atoms with Gasteiger partial charge in [-0.3, -0.25) is 4.55 Å². The van der Waals surface area contributed by atoms with Crippen LogP contribution in [-0.4, -0.2) is 33.3 Å². The molecule has 6 aromatic carbocycles. The lowest BCUT2D eigenvalue weighted by molar-refractivity contribution is -0.432. The Balaban J connectivity index is 1.24. The van der Waals surface area contributed by atoms with Gasteiger partial charge in [0, 0.05) is 4.90 Å². The van der Waals surface area contributed by atoms with Gasteiger partial charge in [-0.2, -0.15) is 8.42 Å². The normalized spacial score (nSPS) is 11.9. The molecule has 0 aliphatic carbocycles. The molecule has 0 radical (unpaired) electrons. The highest BCUT2D eigenvalue weighted by atomic mass is 32.2. The van der Waals surface area contributed by atoms with Gasteiger partial charge in [0.1, 0.15) is 33.6 Å². The monoisotopic (exact) mass is 720 g/mol. The second kappa shape index (κ2) is 14.1. The van der Waals surface area contributed by atoms with Crippen LogP contribution in [-0.2, 0) is 29.3 Å². The molecule has 49 heavy (non-hydrogen) atoms. The number of benzene rings is 6. The van der Waals surface area contributed by atoms with Crippen LogP contribution in [0.15, 0.2) is 129 Å². The summed E-state index contributed by atoms with van der Waals surface area (Å²) in [5.41, 5.74) is 0.629. The number of rotatable bonds is 12. The third-order valence-electron chi connectivity index (χ3n) is 7.47. The minimum atomic E-state index is -4.92. The first-order chi connectivity index (χ1) is 23.4. The Morgan fingerprint density at radius 3 is 1.69 bits per heavy atom. The van der Waals surface area contributed by atoms with Crippen molar-refractivity contribution in [2.75, 3.05) is 6.61 Å². The van der Waals surface area contributed by atoms with E-state index in [4.69, 9.17) is 19.5 Å². The van der Waals surface area contributed by atoms with Gasteiger partial charge in [0.25, 0.3) is 10.1 Å². The Morgan fingerprint density at radius 1 is 0.633 bits per heavy atom. The Bertz CT molecular complexity index is 2410. The highest BCUT2D eigenvalue weighted by Gasteiger charge is 2.25. The molecule has 252 valence electrons. The van der Waals surface area contributed by atoms with Crippen molar-refractivity contribution in [3.8, 4) is 28.7 Å². The van der Waals surface area contributed by atoms with Gasteiger partial charge in [0.2, 0.25) is 9.84 Å². The van der Waals surface area contributed by atoms with Gasteiger partial charge >= 0.3 is 0 Å². The molecule has 0 fully saturated rings. The van der Waals surface area contributed by atoms with E-state index in [0.717, 1.165) is 39.4 Å². The lowest BCUT2D eigenvalue weighted by Crippen LogP contribution is -2.07. The molecule has 2 N–H and O–H groups in total. The van der Waals surface area contributed by atoms with Crippen LogP contribution in [0.25, 0.3) is 21.5 Å². The molecule has 0 aliphatic rings. The maximum absolute atomic E-state index is 13.4. The van der Waals surface area contributed by atoms with Crippen molar-refractivity contribution in [3.63, 3.8) is 0 Å². The SMILES string of the molecule is CCOc1ccc2cc(Oc3ccc4cc(Oc5ccc(S(=O)(=O)c6ccc(C)c(SOOO)c6)cc5S(=O)(=O)O)ccc4c3)ccc2c1. The van der Waals surface area contributed by atoms with E-state index >= 15 is 0 Å². The number of hydrogen-bond donors (Lipinski definition) is 2. The molecule has 0 atom stereocenters. The molecule has 11 nitrogen and oxygen atoms in total. The standard InChI is InChI=1S/C35H28O11S3/c1-3-42-27-9-5-24-17-28(10-6-23(24)16-27)43-29-11-7-26-19-30(12-8-25(26)18-29)44-33-15-14-32(21-35(33)49(39,40)41)48(37,38)31-13-4-22(2)34(20-31)47-46-45-36/h4-21,36H,3H2,1-2H3,(H,39,40,41). The summed E-state index contributed by atoms with van der Waals surface area (Å²) in [6, 6.07) is 29.4. The van der Waals surface area contributed by atoms with Crippen LogP contribution in [0, 0.1) is 6.92 Å². The molecule has 0 heterocycles. The summed E-state index contributed by atoms with van der Waals surface area (Å²) in [5.74, 6) is 2.03. The van der Waals surface area contributed by atoms with Crippen LogP contribution >= 0.6 is 12.0 Å². The zero-order chi connectivity index (χ0) is 34.8. The average molecular weight is 721 g/mol. The highest BCUT2D eigenvalue weighted by Crippen LogP contribution is 2.36. The van der Waals surface area contributed by atoms with Gasteiger partial charge < -0.3 is 14.2 Å². The third-order valence-corrected chi connectivity index (χ3v) is 10.8. The van der Waals surface area contributed by atoms with E-state index in [1.54, 1.807) is 31.2 Å². The number of sulfone groups is 1. The van der Waals surface area contributed by atoms with Crippen molar-refractivity contribution < 1.29 is 50.2 Å². The number of ether oxygens (including phenoxy) is 3. The van der Waals surface area contributed by atoms with Gasteiger partial charge in [0.05, 0.1) is 28.4 Å². The van der Waals surface area contributed by atoms with Crippen LogP contribution in [0.2, 0.25) is 0 Å². The molecule has 6 aromatic rings. The molecule has 0 saturated carbocycles. The van der Waals surface area contributed by atoms with Crippen LogP contribution in [0.4, 0.5) is 0 Å². The van der Waals surface area contributed by atoms with E-state index in [9.17, 15) is 21.4 Å². The Hall–Kier alpha value is -4.67. The van der Waals surface area contributed by atoms with E-state index in [2.05, 4.69) is 9.37 Å². The molecule has 14 heteroatoms. The molecular weight excluding hydrogens is 693 g/mol. The first-order valence-electron chi connectivity index (χ1n) is 14.6. The Morgan fingerprint density at radius 2 is 1.14 bits per heavy atom. The molecular formula is C35H28O11S3. The summed E-state index contributed by atoms with van der Waals surface area (Å²) in [6.07, 6.45) is 0. The van der Waals surface area contributed by atoms with Crippen LogP contribution in [0.1, 0.15) is 12.5 Å². The van der Waals surface area contributed by atoms with E-state index in [-0.39, 0.29) is 16.4 Å². The van der Waals surface area contributed by atoms with Crippen molar-refractivity contribution in [1.29, 1.82) is 0 Å². The summed E-state index contributed by atoms with van der Waals surface area (Å²) in [7, 11) is -9.19. The second-order valence-corrected chi connectivity index (χ2v) is 14.8. The molecule has 0 saturated heterocycles. The zero-order valence-corrected chi connectivity index (χ0v) is 28.3. The minimum Gasteiger partial charge on any atom is -0.494 e. The van der Waals surface area contributed by atoms with E-state index < -0.39 is 29.7 Å². The van der Waals surface area contributed by atoms with Crippen LogP contribution in [0.3, 0.4) is 0 Å². The predicted molar refractivity (Wildman–Crippen MR) is 183 cm³/mol. The van der Waals surface area contributed by atoms with Gasteiger partial charge in [-0.25, -0.2) is 13.7 Å². The summed E-state index contributed by atoms with van der Waals surface area (Å²) >= 11 is 0.584. The molecule has 0 amide bonds. The summed E-state index contributed by atoms with van der Waals surface area (Å²) in [6.45, 7) is 4.21. The van der Waals surface area contributed by atoms with Crippen molar-refractivity contribution in [2.45, 2.75) is 33.4 Å². The van der Waals surface area contributed by atoms with E-state index in [1.165, 1.54) is 24.3 Å². The van der Waals surface area contributed by atoms with Crippen LogP contribution < -0.4 is 14.2 Å². The largest absolute Gasteiger partial charge is 0.494 e. The Kier molecular flexibility index (Phi) is 9.81.